The minimum atomic E-state index is -0.456. The van der Waals surface area contributed by atoms with Crippen LogP contribution in [0.1, 0.15) is 0 Å². The van der Waals surface area contributed by atoms with E-state index in [-0.39, 0.29) is 0 Å². The minimum Gasteiger partial charge on any atom is -0.409 e. The summed E-state index contributed by atoms with van der Waals surface area (Å²) in [7, 11) is 0. The van der Waals surface area contributed by atoms with Gasteiger partial charge in [-0.3, -0.25) is 4.79 Å². The largest absolute Gasteiger partial charge is 0.409 e. The molecule has 1 rings (SSSR count). The molecular formula is C6H9ClN2O3. The van der Waals surface area contributed by atoms with Gasteiger partial charge in [-0.15, -0.1) is 0 Å². The van der Waals surface area contributed by atoms with Crippen LogP contribution in [0.15, 0.2) is 5.16 Å². The third kappa shape index (κ3) is 2.09. The molecule has 6 heteroatoms. The van der Waals surface area contributed by atoms with E-state index in [1.165, 1.54) is 4.90 Å². The molecule has 0 unspecified atom stereocenters. The molecule has 0 aromatic heterocycles. The van der Waals surface area contributed by atoms with Gasteiger partial charge in [-0.2, -0.15) is 0 Å². The molecule has 0 saturated carbocycles. The first kappa shape index (κ1) is 9.28. The Balaban J connectivity index is 2.51. The standard InChI is InChI=1S/C6H9ClN2O3/c7-5(8-11)6(10)9-1-3-12-4-2-9/h11H,1-4H2/b8-5+. The molecule has 5 nitrogen and oxygen atoms in total. The number of ether oxygens (including phenoxy) is 1. The van der Waals surface area contributed by atoms with E-state index in [4.69, 9.17) is 21.5 Å². The first-order chi connectivity index (χ1) is 5.75. The maximum atomic E-state index is 11.2. The second kappa shape index (κ2) is 4.27. The molecule has 0 aliphatic carbocycles. The number of carbonyl (C=O) groups excluding carboxylic acids is 1. The van der Waals surface area contributed by atoms with Crippen LogP contribution < -0.4 is 0 Å². The zero-order valence-corrected chi connectivity index (χ0v) is 7.12. The number of oxime groups is 1. The number of carbonyl (C=O) groups is 1. The number of nitrogens with zero attached hydrogens (tertiary/aromatic N) is 2. The zero-order valence-electron chi connectivity index (χ0n) is 6.36. The van der Waals surface area contributed by atoms with Crippen LogP contribution in [-0.4, -0.2) is 47.5 Å². The molecule has 1 saturated heterocycles. The van der Waals surface area contributed by atoms with Gasteiger partial charge in [0.05, 0.1) is 13.2 Å². The fourth-order valence-electron chi connectivity index (χ4n) is 0.940. The van der Waals surface area contributed by atoms with Crippen LogP contribution in [0.3, 0.4) is 0 Å². The molecule has 1 N–H and O–H groups in total. The van der Waals surface area contributed by atoms with Crippen molar-refractivity contribution in [2.45, 2.75) is 0 Å². The van der Waals surface area contributed by atoms with Crippen molar-refractivity contribution in [3.63, 3.8) is 0 Å². The van der Waals surface area contributed by atoms with E-state index in [1.54, 1.807) is 0 Å². The molecule has 1 fully saturated rings. The highest BCUT2D eigenvalue weighted by Crippen LogP contribution is 2.00. The number of amides is 1. The Hall–Kier alpha value is -0.810. The summed E-state index contributed by atoms with van der Waals surface area (Å²) in [6.45, 7) is 1.98. The Morgan fingerprint density at radius 1 is 1.50 bits per heavy atom. The smallest absolute Gasteiger partial charge is 0.287 e. The van der Waals surface area contributed by atoms with Crippen molar-refractivity contribution in [2.75, 3.05) is 26.3 Å². The third-order valence-corrected chi connectivity index (χ3v) is 1.80. The predicted octanol–water partition coefficient (Wildman–Crippen LogP) is -0.128. The summed E-state index contributed by atoms with van der Waals surface area (Å²) in [6, 6.07) is 0. The second-order valence-corrected chi connectivity index (χ2v) is 2.65. The molecule has 1 amide bonds. The highest BCUT2D eigenvalue weighted by Gasteiger charge is 2.20. The molecule has 0 bridgehead atoms. The normalized spacial score (nSPS) is 19.4. The Morgan fingerprint density at radius 2 is 2.08 bits per heavy atom. The number of rotatable bonds is 1. The Bertz CT molecular complexity index is 201. The Morgan fingerprint density at radius 3 is 2.58 bits per heavy atom. The zero-order chi connectivity index (χ0) is 8.97. The van der Waals surface area contributed by atoms with Crippen LogP contribution >= 0.6 is 11.6 Å². The molecular weight excluding hydrogens is 184 g/mol. The summed E-state index contributed by atoms with van der Waals surface area (Å²) in [4.78, 5) is 12.7. The average molecular weight is 193 g/mol. The monoisotopic (exact) mass is 192 g/mol. The molecule has 0 aromatic rings. The Kier molecular flexibility index (Phi) is 3.31. The first-order valence-corrected chi connectivity index (χ1v) is 3.88. The van der Waals surface area contributed by atoms with Crippen LogP contribution in [0.5, 0.6) is 0 Å². The van der Waals surface area contributed by atoms with Crippen LogP contribution in [0.2, 0.25) is 0 Å². The van der Waals surface area contributed by atoms with Gasteiger partial charge in [0.25, 0.3) is 5.91 Å². The lowest BCUT2D eigenvalue weighted by molar-refractivity contribution is -0.127. The van der Waals surface area contributed by atoms with Crippen molar-refractivity contribution in [3.05, 3.63) is 0 Å². The first-order valence-electron chi connectivity index (χ1n) is 3.50. The van der Waals surface area contributed by atoms with Crippen molar-refractivity contribution in [2.24, 2.45) is 5.16 Å². The number of hydrogen-bond donors (Lipinski definition) is 1. The minimum absolute atomic E-state index is 0.406. The van der Waals surface area contributed by atoms with Crippen molar-refractivity contribution >= 4 is 22.7 Å². The van der Waals surface area contributed by atoms with Crippen LogP contribution in [0, 0.1) is 0 Å². The van der Waals surface area contributed by atoms with Crippen LogP contribution in [-0.2, 0) is 9.53 Å². The summed E-state index contributed by atoms with van der Waals surface area (Å²) in [5.41, 5.74) is 0. The van der Waals surface area contributed by atoms with E-state index in [1.807, 2.05) is 0 Å². The average Bonchev–Trinajstić information content (AvgIpc) is 2.17. The van der Waals surface area contributed by atoms with Gasteiger partial charge < -0.3 is 14.8 Å². The summed E-state index contributed by atoms with van der Waals surface area (Å²) in [5.74, 6) is -0.456. The fourth-order valence-corrected chi connectivity index (χ4v) is 1.06. The molecule has 0 aromatic carbocycles. The Labute approximate surface area is 74.5 Å². The van der Waals surface area contributed by atoms with Gasteiger partial charge in [0.15, 0.2) is 0 Å². The summed E-state index contributed by atoms with van der Waals surface area (Å²) in [6.07, 6.45) is 0. The molecule has 1 heterocycles. The SMILES string of the molecule is O=C(/C(Cl)=N\O)N1CCOCC1. The van der Waals surface area contributed by atoms with Crippen molar-refractivity contribution in [1.29, 1.82) is 0 Å². The van der Waals surface area contributed by atoms with Crippen LogP contribution in [0.4, 0.5) is 0 Å². The van der Waals surface area contributed by atoms with Gasteiger partial charge in [0.1, 0.15) is 0 Å². The van der Waals surface area contributed by atoms with E-state index in [2.05, 4.69) is 5.16 Å². The lowest BCUT2D eigenvalue weighted by Crippen LogP contribution is -2.42. The van der Waals surface area contributed by atoms with Gasteiger partial charge in [-0.05, 0) is 0 Å². The lowest BCUT2D eigenvalue weighted by atomic mass is 10.4. The topological polar surface area (TPSA) is 62.1 Å². The summed E-state index contributed by atoms with van der Waals surface area (Å²) in [5, 5.41) is 10.4. The van der Waals surface area contributed by atoms with Crippen molar-refractivity contribution in [3.8, 4) is 0 Å². The van der Waals surface area contributed by atoms with E-state index in [0.29, 0.717) is 26.3 Å². The van der Waals surface area contributed by atoms with Gasteiger partial charge in [0, 0.05) is 13.1 Å². The van der Waals surface area contributed by atoms with E-state index in [0.717, 1.165) is 0 Å². The second-order valence-electron chi connectivity index (χ2n) is 2.30. The van der Waals surface area contributed by atoms with E-state index in [9.17, 15) is 4.79 Å². The number of hydrogen-bond acceptors (Lipinski definition) is 4. The molecule has 68 valence electrons. The summed E-state index contributed by atoms with van der Waals surface area (Å²) >= 11 is 5.32. The van der Waals surface area contributed by atoms with Crippen molar-refractivity contribution < 1.29 is 14.7 Å². The van der Waals surface area contributed by atoms with E-state index >= 15 is 0 Å². The fraction of sp³-hybridized carbons (Fsp3) is 0.667. The summed E-state index contributed by atoms with van der Waals surface area (Å²) < 4.78 is 5.02. The van der Waals surface area contributed by atoms with Crippen molar-refractivity contribution in [1.82, 2.24) is 4.90 Å². The molecule has 12 heavy (non-hydrogen) atoms. The van der Waals surface area contributed by atoms with Gasteiger partial charge >= 0.3 is 0 Å². The van der Waals surface area contributed by atoms with Gasteiger partial charge in [-0.25, -0.2) is 0 Å². The number of morpholine rings is 1. The maximum absolute atomic E-state index is 11.2. The third-order valence-electron chi connectivity index (χ3n) is 1.56. The highest BCUT2D eigenvalue weighted by atomic mass is 35.5. The predicted molar refractivity (Wildman–Crippen MR) is 42.5 cm³/mol. The highest BCUT2D eigenvalue weighted by molar-refractivity contribution is 6.82. The van der Waals surface area contributed by atoms with Crippen LogP contribution in [0.25, 0.3) is 0 Å². The lowest BCUT2D eigenvalue weighted by Gasteiger charge is -2.25. The molecule has 0 radical (unpaired) electrons. The molecule has 0 spiro atoms. The molecule has 0 atom stereocenters. The number of halogens is 1. The van der Waals surface area contributed by atoms with Gasteiger partial charge in [-0.1, -0.05) is 16.8 Å². The van der Waals surface area contributed by atoms with Gasteiger partial charge in [0.2, 0.25) is 5.17 Å². The van der Waals surface area contributed by atoms with E-state index < -0.39 is 11.1 Å². The molecule has 1 aliphatic heterocycles. The maximum Gasteiger partial charge on any atom is 0.287 e. The molecule has 1 aliphatic rings. The quantitative estimate of drug-likeness (QED) is 0.358.